The van der Waals surface area contributed by atoms with Crippen LogP contribution in [0.15, 0.2) is 46.2 Å². The number of halogens is 1. The minimum absolute atomic E-state index is 0.241. The SMILES string of the molecule is N#Cc1nc(/C=C/c2cccs2)oc1NCc1ccc(Cl)cc1. The molecule has 0 saturated heterocycles. The molecule has 114 valence electrons. The van der Waals surface area contributed by atoms with E-state index in [-0.39, 0.29) is 5.69 Å². The smallest absolute Gasteiger partial charge is 0.232 e. The summed E-state index contributed by atoms with van der Waals surface area (Å²) in [5.41, 5.74) is 1.27. The van der Waals surface area contributed by atoms with E-state index in [4.69, 9.17) is 21.3 Å². The molecule has 0 radical (unpaired) electrons. The molecule has 3 aromatic rings. The number of anilines is 1. The lowest BCUT2D eigenvalue weighted by Gasteiger charge is -2.03. The quantitative estimate of drug-likeness (QED) is 0.705. The molecule has 1 N–H and O–H groups in total. The average molecular weight is 342 g/mol. The predicted octanol–water partition coefficient (Wildman–Crippen LogP) is 5.04. The van der Waals surface area contributed by atoms with Crippen molar-refractivity contribution in [3.05, 3.63) is 68.8 Å². The van der Waals surface area contributed by atoms with Gasteiger partial charge in [-0.2, -0.15) is 10.2 Å². The van der Waals surface area contributed by atoms with Gasteiger partial charge in [-0.15, -0.1) is 11.3 Å². The molecule has 0 spiro atoms. The van der Waals surface area contributed by atoms with Crippen molar-refractivity contribution in [2.24, 2.45) is 0 Å². The number of aromatic nitrogens is 1. The first-order valence-corrected chi connectivity index (χ1v) is 8.11. The predicted molar refractivity (Wildman–Crippen MR) is 93.2 cm³/mol. The zero-order valence-corrected chi connectivity index (χ0v) is 13.6. The maximum Gasteiger partial charge on any atom is 0.232 e. The molecule has 0 bridgehead atoms. The number of benzene rings is 1. The third kappa shape index (κ3) is 4.01. The largest absolute Gasteiger partial charge is 0.420 e. The Bertz CT molecular complexity index is 845. The van der Waals surface area contributed by atoms with Crippen molar-refractivity contribution in [1.29, 1.82) is 5.26 Å². The van der Waals surface area contributed by atoms with Gasteiger partial charge in [-0.05, 0) is 35.2 Å². The fourth-order valence-electron chi connectivity index (χ4n) is 1.93. The Morgan fingerprint density at radius 3 is 2.78 bits per heavy atom. The van der Waals surface area contributed by atoms with E-state index in [1.54, 1.807) is 17.4 Å². The summed E-state index contributed by atoms with van der Waals surface area (Å²) >= 11 is 7.48. The van der Waals surface area contributed by atoms with Crippen molar-refractivity contribution < 1.29 is 4.42 Å². The Morgan fingerprint density at radius 2 is 2.09 bits per heavy atom. The molecule has 23 heavy (non-hydrogen) atoms. The lowest BCUT2D eigenvalue weighted by Crippen LogP contribution is -1.99. The maximum atomic E-state index is 9.17. The Balaban J connectivity index is 1.71. The molecule has 0 saturated carbocycles. The molecule has 0 aliphatic rings. The van der Waals surface area contributed by atoms with Gasteiger partial charge in [0.15, 0.2) is 0 Å². The van der Waals surface area contributed by atoms with Crippen molar-refractivity contribution in [3.63, 3.8) is 0 Å². The molecule has 0 atom stereocenters. The summed E-state index contributed by atoms with van der Waals surface area (Å²) in [6, 6.07) is 13.5. The van der Waals surface area contributed by atoms with Gasteiger partial charge in [-0.3, -0.25) is 0 Å². The minimum Gasteiger partial charge on any atom is -0.420 e. The van der Waals surface area contributed by atoms with Crippen LogP contribution in [0.25, 0.3) is 12.2 Å². The zero-order chi connectivity index (χ0) is 16.1. The van der Waals surface area contributed by atoms with Crippen LogP contribution < -0.4 is 5.32 Å². The van der Waals surface area contributed by atoms with Crippen LogP contribution in [0.4, 0.5) is 5.88 Å². The summed E-state index contributed by atoms with van der Waals surface area (Å²) in [5, 5.41) is 14.9. The van der Waals surface area contributed by atoms with Crippen molar-refractivity contribution >= 4 is 41.0 Å². The number of nitrogens with one attached hydrogen (secondary N) is 1. The topological polar surface area (TPSA) is 61.9 Å². The van der Waals surface area contributed by atoms with Gasteiger partial charge in [-0.25, -0.2) is 0 Å². The summed E-state index contributed by atoms with van der Waals surface area (Å²) < 4.78 is 5.60. The van der Waals surface area contributed by atoms with Gasteiger partial charge in [0.25, 0.3) is 0 Å². The van der Waals surface area contributed by atoms with Crippen LogP contribution in [0.2, 0.25) is 5.02 Å². The highest BCUT2D eigenvalue weighted by Gasteiger charge is 2.11. The number of oxazole rings is 1. The van der Waals surface area contributed by atoms with Crippen LogP contribution in [-0.4, -0.2) is 4.98 Å². The molecule has 0 aliphatic carbocycles. The number of hydrogen-bond donors (Lipinski definition) is 1. The van der Waals surface area contributed by atoms with Gasteiger partial charge in [0.2, 0.25) is 17.5 Å². The highest BCUT2D eigenvalue weighted by atomic mass is 35.5. The van der Waals surface area contributed by atoms with Crippen LogP contribution in [-0.2, 0) is 6.54 Å². The third-order valence-electron chi connectivity index (χ3n) is 3.05. The minimum atomic E-state index is 0.241. The first-order chi connectivity index (χ1) is 11.2. The summed E-state index contributed by atoms with van der Waals surface area (Å²) in [5.74, 6) is 0.766. The molecule has 0 fully saturated rings. The third-order valence-corrected chi connectivity index (χ3v) is 4.14. The fourth-order valence-corrected chi connectivity index (χ4v) is 2.67. The molecule has 2 heterocycles. The lowest BCUT2D eigenvalue weighted by atomic mass is 10.2. The Hall–Kier alpha value is -2.55. The molecule has 4 nitrogen and oxygen atoms in total. The normalized spacial score (nSPS) is 10.8. The van der Waals surface area contributed by atoms with Crippen LogP contribution in [0.5, 0.6) is 0 Å². The monoisotopic (exact) mass is 341 g/mol. The van der Waals surface area contributed by atoms with Crippen LogP contribution in [0.1, 0.15) is 22.0 Å². The first kappa shape index (κ1) is 15.3. The van der Waals surface area contributed by atoms with Gasteiger partial charge in [-0.1, -0.05) is 29.8 Å². The van der Waals surface area contributed by atoms with Crippen molar-refractivity contribution in [1.82, 2.24) is 4.98 Å². The van der Waals surface area contributed by atoms with E-state index in [0.29, 0.717) is 23.3 Å². The maximum absolute atomic E-state index is 9.17. The zero-order valence-electron chi connectivity index (χ0n) is 12.0. The fraction of sp³-hybridized carbons (Fsp3) is 0.0588. The molecule has 0 aliphatic heterocycles. The molecular formula is C17H12ClN3OS. The average Bonchev–Trinajstić information content (AvgIpc) is 3.21. The summed E-state index contributed by atoms with van der Waals surface area (Å²) in [6.07, 6.45) is 3.65. The molecular weight excluding hydrogens is 330 g/mol. The Labute approximate surface area is 142 Å². The van der Waals surface area contributed by atoms with Gasteiger partial charge in [0.05, 0.1) is 0 Å². The number of hydrogen-bond acceptors (Lipinski definition) is 5. The van der Waals surface area contributed by atoms with E-state index in [1.165, 1.54) is 0 Å². The van der Waals surface area contributed by atoms with Crippen LogP contribution in [0, 0.1) is 11.3 Å². The highest BCUT2D eigenvalue weighted by Crippen LogP contribution is 2.20. The summed E-state index contributed by atoms with van der Waals surface area (Å²) in [6.45, 7) is 0.523. The van der Waals surface area contributed by atoms with E-state index in [9.17, 15) is 0 Å². The molecule has 0 unspecified atom stereocenters. The Morgan fingerprint density at radius 1 is 1.26 bits per heavy atom. The summed E-state index contributed by atoms with van der Waals surface area (Å²) in [4.78, 5) is 5.26. The molecule has 0 amide bonds. The van der Waals surface area contributed by atoms with E-state index < -0.39 is 0 Å². The van der Waals surface area contributed by atoms with Crippen molar-refractivity contribution in [2.75, 3.05) is 5.32 Å². The lowest BCUT2D eigenvalue weighted by molar-refractivity contribution is 0.557. The summed E-state index contributed by atoms with van der Waals surface area (Å²) in [7, 11) is 0. The standard InChI is InChI=1S/C17H12ClN3OS/c18-13-5-3-12(4-6-13)11-20-17-15(10-19)21-16(22-17)8-7-14-2-1-9-23-14/h1-9,20H,11H2/b8-7+. The number of nitriles is 1. The second-order valence-electron chi connectivity index (χ2n) is 4.67. The van der Waals surface area contributed by atoms with Crippen LogP contribution in [0.3, 0.4) is 0 Å². The Kier molecular flexibility index (Phi) is 4.77. The molecule has 3 rings (SSSR count). The van der Waals surface area contributed by atoms with Crippen molar-refractivity contribution in [3.8, 4) is 6.07 Å². The van der Waals surface area contributed by atoms with E-state index in [0.717, 1.165) is 10.4 Å². The van der Waals surface area contributed by atoms with Gasteiger partial charge < -0.3 is 9.73 Å². The van der Waals surface area contributed by atoms with Crippen molar-refractivity contribution in [2.45, 2.75) is 6.54 Å². The first-order valence-electron chi connectivity index (χ1n) is 6.85. The molecule has 6 heteroatoms. The molecule has 2 aromatic heterocycles. The van der Waals surface area contributed by atoms with Gasteiger partial charge in [0, 0.05) is 22.5 Å². The van der Waals surface area contributed by atoms with E-state index in [1.807, 2.05) is 53.9 Å². The van der Waals surface area contributed by atoms with Gasteiger partial charge in [0.1, 0.15) is 6.07 Å². The van der Waals surface area contributed by atoms with E-state index in [2.05, 4.69) is 10.3 Å². The second-order valence-corrected chi connectivity index (χ2v) is 6.09. The number of nitrogens with zero attached hydrogens (tertiary/aromatic N) is 2. The second kappa shape index (κ2) is 7.14. The van der Waals surface area contributed by atoms with Gasteiger partial charge >= 0.3 is 0 Å². The van der Waals surface area contributed by atoms with Crippen LogP contribution >= 0.6 is 22.9 Å². The number of rotatable bonds is 5. The molecule has 1 aromatic carbocycles. The highest BCUT2D eigenvalue weighted by molar-refractivity contribution is 7.10. The number of thiophene rings is 1. The van der Waals surface area contributed by atoms with E-state index >= 15 is 0 Å².